The van der Waals surface area contributed by atoms with Crippen LogP contribution in [0, 0.1) is 12.3 Å². The lowest BCUT2D eigenvalue weighted by Crippen LogP contribution is -2.17. The van der Waals surface area contributed by atoms with Gasteiger partial charge in [-0.25, -0.2) is 9.50 Å². The number of aromatic nitrogens is 3. The Labute approximate surface area is 89.1 Å². The lowest BCUT2D eigenvalue weighted by Gasteiger charge is -2.15. The first-order valence-corrected chi connectivity index (χ1v) is 4.83. The predicted molar refractivity (Wildman–Crippen MR) is 59.6 cm³/mol. The van der Waals surface area contributed by atoms with Gasteiger partial charge in [-0.05, 0) is 6.07 Å². The highest BCUT2D eigenvalue weighted by Crippen LogP contribution is 2.18. The first kappa shape index (κ1) is 9.72. The number of fused-ring (bicyclic) bond motifs is 1. The molecule has 0 unspecified atom stereocenters. The van der Waals surface area contributed by atoms with Crippen LogP contribution < -0.4 is 0 Å². The van der Waals surface area contributed by atoms with Gasteiger partial charge in [0.1, 0.15) is 0 Å². The van der Waals surface area contributed by atoms with E-state index in [0.717, 1.165) is 16.9 Å². The number of hydrogen-bond acceptors (Lipinski definition) is 2. The second-order valence-corrected chi connectivity index (χ2v) is 4.57. The van der Waals surface area contributed by atoms with Crippen LogP contribution in [0.5, 0.6) is 0 Å². The van der Waals surface area contributed by atoms with E-state index < -0.39 is 0 Å². The Hall–Kier alpha value is -1.82. The van der Waals surface area contributed by atoms with Crippen LogP contribution in [0.25, 0.3) is 5.52 Å². The van der Waals surface area contributed by atoms with Gasteiger partial charge >= 0.3 is 0 Å². The van der Waals surface area contributed by atoms with Gasteiger partial charge in [-0.15, -0.1) is 6.42 Å². The van der Waals surface area contributed by atoms with Crippen molar-refractivity contribution < 1.29 is 0 Å². The Morgan fingerprint density at radius 1 is 1.40 bits per heavy atom. The number of nitrogens with zero attached hydrogens (tertiary/aromatic N) is 3. The van der Waals surface area contributed by atoms with Crippen molar-refractivity contribution in [2.45, 2.75) is 26.2 Å². The molecule has 0 saturated carbocycles. The fraction of sp³-hybridized carbons (Fsp3) is 0.333. The topological polar surface area (TPSA) is 30.2 Å². The van der Waals surface area contributed by atoms with E-state index in [2.05, 4.69) is 36.8 Å². The molecule has 0 amide bonds. The van der Waals surface area contributed by atoms with E-state index in [-0.39, 0.29) is 5.41 Å². The van der Waals surface area contributed by atoms with Gasteiger partial charge < -0.3 is 0 Å². The van der Waals surface area contributed by atoms with Crippen molar-refractivity contribution in [1.29, 1.82) is 0 Å². The molecule has 2 aromatic heterocycles. The smallest absolute Gasteiger partial charge is 0.154 e. The summed E-state index contributed by atoms with van der Waals surface area (Å²) in [6.45, 7) is 6.25. The predicted octanol–water partition coefficient (Wildman–Crippen LogP) is 2.01. The zero-order chi connectivity index (χ0) is 11.1. The van der Waals surface area contributed by atoms with Crippen molar-refractivity contribution in [2.75, 3.05) is 0 Å². The highest BCUT2D eigenvalue weighted by atomic mass is 15.2. The van der Waals surface area contributed by atoms with E-state index in [9.17, 15) is 0 Å². The Bertz CT molecular complexity index is 538. The van der Waals surface area contributed by atoms with Crippen LogP contribution in [0.15, 0.2) is 18.5 Å². The highest BCUT2D eigenvalue weighted by molar-refractivity contribution is 5.51. The van der Waals surface area contributed by atoms with E-state index in [0.29, 0.717) is 0 Å². The molecule has 0 radical (unpaired) electrons. The molecular weight excluding hydrogens is 186 g/mol. The zero-order valence-corrected chi connectivity index (χ0v) is 9.15. The maximum atomic E-state index is 5.33. The van der Waals surface area contributed by atoms with E-state index in [4.69, 9.17) is 6.42 Å². The van der Waals surface area contributed by atoms with Crippen molar-refractivity contribution in [1.82, 2.24) is 14.6 Å². The minimum Gasteiger partial charge on any atom is -0.237 e. The third-order valence-corrected chi connectivity index (χ3v) is 2.19. The van der Waals surface area contributed by atoms with Crippen LogP contribution >= 0.6 is 0 Å². The van der Waals surface area contributed by atoms with Crippen molar-refractivity contribution >= 4 is 5.52 Å². The molecular formula is C12H13N3. The maximum Gasteiger partial charge on any atom is 0.154 e. The molecule has 2 aromatic rings. The summed E-state index contributed by atoms with van der Waals surface area (Å²) in [4.78, 5) is 4.33. The largest absolute Gasteiger partial charge is 0.237 e. The van der Waals surface area contributed by atoms with Gasteiger partial charge in [-0.2, -0.15) is 5.10 Å². The van der Waals surface area contributed by atoms with Crippen LogP contribution in [-0.2, 0) is 5.41 Å². The minimum atomic E-state index is -0.0469. The molecule has 3 nitrogen and oxygen atoms in total. The normalized spacial score (nSPS) is 11.6. The quantitative estimate of drug-likeness (QED) is 0.607. The summed E-state index contributed by atoms with van der Waals surface area (Å²) >= 11 is 0. The summed E-state index contributed by atoms with van der Waals surface area (Å²) in [6.07, 6.45) is 8.97. The van der Waals surface area contributed by atoms with E-state index >= 15 is 0 Å². The molecule has 3 heteroatoms. The van der Waals surface area contributed by atoms with Gasteiger partial charge in [0.05, 0.1) is 11.7 Å². The van der Waals surface area contributed by atoms with Gasteiger partial charge in [0.25, 0.3) is 0 Å². The molecule has 0 spiro atoms. The minimum absolute atomic E-state index is 0.0469. The molecule has 0 aliphatic heterocycles. The summed E-state index contributed by atoms with van der Waals surface area (Å²) in [7, 11) is 0. The van der Waals surface area contributed by atoms with E-state index in [1.165, 1.54) is 0 Å². The lowest BCUT2D eigenvalue weighted by molar-refractivity contribution is 0.529. The van der Waals surface area contributed by atoms with Crippen molar-refractivity contribution in [3.05, 3.63) is 29.8 Å². The third-order valence-electron chi connectivity index (χ3n) is 2.19. The van der Waals surface area contributed by atoms with Crippen LogP contribution in [0.2, 0.25) is 0 Å². The molecule has 15 heavy (non-hydrogen) atoms. The van der Waals surface area contributed by atoms with Crippen LogP contribution in [-0.4, -0.2) is 14.6 Å². The summed E-state index contributed by atoms with van der Waals surface area (Å²) in [5, 5.41) is 4.43. The first-order valence-electron chi connectivity index (χ1n) is 4.83. The van der Waals surface area contributed by atoms with Crippen molar-refractivity contribution in [3.8, 4) is 12.3 Å². The first-order chi connectivity index (χ1) is 7.00. The maximum absolute atomic E-state index is 5.33. The molecule has 0 aliphatic rings. The summed E-state index contributed by atoms with van der Waals surface area (Å²) in [6, 6.07) is 1.90. The molecule has 2 rings (SSSR count). The molecule has 0 saturated heterocycles. The highest BCUT2D eigenvalue weighted by Gasteiger charge is 2.17. The van der Waals surface area contributed by atoms with Gasteiger partial charge in [0.15, 0.2) is 5.82 Å². The van der Waals surface area contributed by atoms with Gasteiger partial charge in [0, 0.05) is 17.2 Å². The summed E-state index contributed by atoms with van der Waals surface area (Å²) in [5.41, 5.74) is 1.71. The Balaban J connectivity index is 2.62. The summed E-state index contributed by atoms with van der Waals surface area (Å²) in [5.74, 6) is 3.40. The molecule has 0 fully saturated rings. The standard InChI is InChI=1S/C12H13N3/c1-5-9-6-10-7-13-11(12(2,3)4)14-15(10)8-9/h1,6-8H,2-4H3. The van der Waals surface area contributed by atoms with Crippen molar-refractivity contribution in [3.63, 3.8) is 0 Å². The monoisotopic (exact) mass is 199 g/mol. The van der Waals surface area contributed by atoms with Crippen molar-refractivity contribution in [2.24, 2.45) is 0 Å². The van der Waals surface area contributed by atoms with E-state index in [1.807, 2.05) is 12.3 Å². The molecule has 0 atom stereocenters. The Morgan fingerprint density at radius 3 is 2.73 bits per heavy atom. The van der Waals surface area contributed by atoms with Crippen LogP contribution in [0.4, 0.5) is 0 Å². The lowest BCUT2D eigenvalue weighted by atomic mass is 9.96. The second kappa shape index (κ2) is 3.09. The fourth-order valence-electron chi connectivity index (χ4n) is 1.33. The molecule has 0 N–H and O–H groups in total. The molecule has 0 aliphatic carbocycles. The Kier molecular flexibility index (Phi) is 2.01. The third kappa shape index (κ3) is 1.71. The van der Waals surface area contributed by atoms with E-state index in [1.54, 1.807) is 10.7 Å². The van der Waals surface area contributed by atoms with Gasteiger partial charge in [-0.1, -0.05) is 26.7 Å². The second-order valence-electron chi connectivity index (χ2n) is 4.57. The zero-order valence-electron chi connectivity index (χ0n) is 9.15. The molecule has 76 valence electrons. The number of terminal acetylenes is 1. The number of hydrogen-bond donors (Lipinski definition) is 0. The average Bonchev–Trinajstić information content (AvgIpc) is 2.57. The van der Waals surface area contributed by atoms with Gasteiger partial charge in [-0.3, -0.25) is 0 Å². The summed E-state index contributed by atoms with van der Waals surface area (Å²) < 4.78 is 1.78. The number of rotatable bonds is 0. The molecule has 2 heterocycles. The van der Waals surface area contributed by atoms with Crippen LogP contribution in [0.3, 0.4) is 0 Å². The molecule has 0 bridgehead atoms. The van der Waals surface area contributed by atoms with Gasteiger partial charge in [0.2, 0.25) is 0 Å². The fourth-order valence-corrected chi connectivity index (χ4v) is 1.33. The SMILES string of the molecule is C#Cc1cc2cnc(C(C)(C)C)nn2c1. The van der Waals surface area contributed by atoms with Crippen LogP contribution in [0.1, 0.15) is 32.2 Å². The molecule has 0 aromatic carbocycles. The Morgan fingerprint density at radius 2 is 2.13 bits per heavy atom. The average molecular weight is 199 g/mol.